The molecule has 2 N–H and O–H groups in total. The first kappa shape index (κ1) is 18.0. The van der Waals surface area contributed by atoms with E-state index in [2.05, 4.69) is 13.5 Å². The molecule has 0 aromatic carbocycles. The minimum Gasteiger partial charge on any atom is -0.481 e. The van der Waals surface area contributed by atoms with Crippen molar-refractivity contribution in [1.29, 1.82) is 0 Å². The molecule has 2 bridgehead atoms. The van der Waals surface area contributed by atoms with Gasteiger partial charge in [-0.1, -0.05) is 13.5 Å². The molecule has 0 radical (unpaired) electrons. The Labute approximate surface area is 154 Å². The molecule has 5 nitrogen and oxygen atoms in total. The molecule has 0 aromatic rings. The molecule has 0 heterocycles. The molecule has 5 heteroatoms. The van der Waals surface area contributed by atoms with E-state index in [1.54, 1.807) is 0 Å². The highest BCUT2D eigenvalue weighted by Crippen LogP contribution is 2.70. The van der Waals surface area contributed by atoms with E-state index in [4.69, 9.17) is 4.74 Å². The molecular weight excluding hydrogens is 332 g/mol. The van der Waals surface area contributed by atoms with E-state index in [0.29, 0.717) is 18.8 Å². The summed E-state index contributed by atoms with van der Waals surface area (Å²) in [4.78, 5) is 23.5. The summed E-state index contributed by atoms with van der Waals surface area (Å²) in [6, 6.07) is 0. The monoisotopic (exact) mass is 362 g/mol. The van der Waals surface area contributed by atoms with Gasteiger partial charge in [-0.05, 0) is 73.7 Å². The van der Waals surface area contributed by atoms with Crippen LogP contribution < -0.4 is 0 Å². The predicted molar refractivity (Wildman–Crippen MR) is 95.2 cm³/mol. The molecule has 4 aliphatic rings. The summed E-state index contributed by atoms with van der Waals surface area (Å²) in [5.41, 5.74) is 0.597. The maximum Gasteiger partial charge on any atom is 0.306 e. The van der Waals surface area contributed by atoms with E-state index < -0.39 is 18.0 Å². The maximum atomic E-state index is 12.0. The minimum atomic E-state index is -0.779. The van der Waals surface area contributed by atoms with E-state index in [0.717, 1.165) is 37.7 Å². The zero-order chi connectivity index (χ0) is 18.9. The van der Waals surface area contributed by atoms with E-state index in [1.165, 1.54) is 6.92 Å². The first-order valence-electron chi connectivity index (χ1n) is 9.96. The second kappa shape index (κ2) is 5.82. The number of aliphatic carboxylic acids is 1. The topological polar surface area (TPSA) is 83.8 Å². The lowest BCUT2D eigenvalue weighted by atomic mass is 9.43. The number of carboxylic acid groups (broad SMARTS) is 1. The largest absolute Gasteiger partial charge is 0.481 e. The third-order valence-electron chi connectivity index (χ3n) is 8.43. The quantitative estimate of drug-likeness (QED) is 0.582. The van der Waals surface area contributed by atoms with Crippen LogP contribution in [0, 0.1) is 34.5 Å². The summed E-state index contributed by atoms with van der Waals surface area (Å²) < 4.78 is 5.51. The van der Waals surface area contributed by atoms with Crippen molar-refractivity contribution in [3.8, 4) is 0 Å². The lowest BCUT2D eigenvalue weighted by Gasteiger charge is -2.62. The molecule has 4 fully saturated rings. The van der Waals surface area contributed by atoms with Crippen molar-refractivity contribution in [3.63, 3.8) is 0 Å². The molecule has 0 aliphatic heterocycles. The Morgan fingerprint density at radius 1 is 1.23 bits per heavy atom. The van der Waals surface area contributed by atoms with Crippen molar-refractivity contribution >= 4 is 11.9 Å². The van der Waals surface area contributed by atoms with Gasteiger partial charge >= 0.3 is 11.9 Å². The smallest absolute Gasteiger partial charge is 0.306 e. The third kappa shape index (κ3) is 2.32. The van der Waals surface area contributed by atoms with Crippen molar-refractivity contribution in [2.24, 2.45) is 34.5 Å². The average Bonchev–Trinajstić information content (AvgIpc) is 2.73. The van der Waals surface area contributed by atoms with Gasteiger partial charge in [0.1, 0.15) is 6.10 Å². The fourth-order valence-electron chi connectivity index (χ4n) is 7.55. The van der Waals surface area contributed by atoms with Gasteiger partial charge in [-0.2, -0.15) is 0 Å². The van der Waals surface area contributed by atoms with Crippen LogP contribution >= 0.6 is 0 Å². The van der Waals surface area contributed by atoms with Crippen LogP contribution in [-0.2, 0) is 14.3 Å². The van der Waals surface area contributed by atoms with Crippen molar-refractivity contribution in [2.75, 3.05) is 0 Å². The van der Waals surface area contributed by atoms with Crippen molar-refractivity contribution in [3.05, 3.63) is 12.2 Å². The highest BCUT2D eigenvalue weighted by molar-refractivity contribution is 5.71. The summed E-state index contributed by atoms with van der Waals surface area (Å²) in [7, 11) is 0. The van der Waals surface area contributed by atoms with Crippen LogP contribution in [0.1, 0.15) is 58.8 Å². The summed E-state index contributed by atoms with van der Waals surface area (Å²) in [5, 5.41) is 20.9. The standard InChI is InChI=1S/C21H30O5/c1-11-13-4-5-17-20(3)10-14(26-12(2)22)8-15(19(24)25)16(20)6-7-21(17,9-13)18(11)23/h13-18,23H,1,4-10H2,2-3H3,(H,24,25)/t13-,14-,15-,16-,17+,18+,20-,21-/m1/s1. The zero-order valence-corrected chi connectivity index (χ0v) is 15.7. The Morgan fingerprint density at radius 3 is 2.62 bits per heavy atom. The number of rotatable bonds is 2. The van der Waals surface area contributed by atoms with Gasteiger partial charge in [0.2, 0.25) is 0 Å². The fraction of sp³-hybridized carbons (Fsp3) is 0.810. The van der Waals surface area contributed by atoms with Crippen LogP contribution in [0.5, 0.6) is 0 Å². The minimum absolute atomic E-state index is 0.0834. The molecule has 0 aromatic heterocycles. The number of carbonyl (C=O) groups excluding carboxylic acids is 1. The van der Waals surface area contributed by atoms with Crippen molar-refractivity contribution in [2.45, 2.75) is 71.0 Å². The van der Waals surface area contributed by atoms with E-state index in [9.17, 15) is 19.8 Å². The molecule has 1 spiro atoms. The number of hydrogen-bond donors (Lipinski definition) is 2. The number of carbonyl (C=O) groups is 2. The molecule has 26 heavy (non-hydrogen) atoms. The summed E-state index contributed by atoms with van der Waals surface area (Å²) in [5.74, 6) is -0.845. The first-order chi connectivity index (χ1) is 12.2. The first-order valence-corrected chi connectivity index (χ1v) is 9.96. The van der Waals surface area contributed by atoms with Crippen molar-refractivity contribution in [1.82, 2.24) is 0 Å². The number of aliphatic hydroxyl groups excluding tert-OH is 1. The van der Waals surface area contributed by atoms with Gasteiger partial charge in [0, 0.05) is 12.3 Å². The van der Waals surface area contributed by atoms with Crippen LogP contribution in [0.2, 0.25) is 0 Å². The Balaban J connectivity index is 1.73. The van der Waals surface area contributed by atoms with Gasteiger partial charge < -0.3 is 14.9 Å². The lowest BCUT2D eigenvalue weighted by Crippen LogP contribution is -2.59. The van der Waals surface area contributed by atoms with Crippen LogP contribution in [0.25, 0.3) is 0 Å². The Kier molecular flexibility index (Phi) is 4.03. The predicted octanol–water partition coefficient (Wildman–Crippen LogP) is 3.16. The van der Waals surface area contributed by atoms with Gasteiger partial charge in [0.05, 0.1) is 12.0 Å². The molecule has 0 amide bonds. The van der Waals surface area contributed by atoms with Gasteiger partial charge in [-0.3, -0.25) is 9.59 Å². The van der Waals surface area contributed by atoms with E-state index in [1.807, 2.05) is 0 Å². The fourth-order valence-corrected chi connectivity index (χ4v) is 7.55. The Morgan fingerprint density at radius 2 is 1.96 bits per heavy atom. The summed E-state index contributed by atoms with van der Waals surface area (Å²) in [6.07, 6.45) is 5.03. The summed E-state index contributed by atoms with van der Waals surface area (Å²) >= 11 is 0. The zero-order valence-electron chi connectivity index (χ0n) is 15.7. The number of aliphatic hydroxyl groups is 1. The summed E-state index contributed by atoms with van der Waals surface area (Å²) in [6.45, 7) is 7.76. The van der Waals surface area contributed by atoms with Gasteiger partial charge in [0.15, 0.2) is 0 Å². The third-order valence-corrected chi connectivity index (χ3v) is 8.43. The molecule has 4 saturated carbocycles. The normalized spacial score (nSPS) is 49.9. The molecule has 4 aliphatic carbocycles. The second-order valence-electron chi connectivity index (χ2n) is 9.51. The molecule has 8 atom stereocenters. The number of ether oxygens (including phenoxy) is 1. The van der Waals surface area contributed by atoms with Crippen molar-refractivity contribution < 1.29 is 24.5 Å². The highest BCUT2D eigenvalue weighted by atomic mass is 16.5. The second-order valence-corrected chi connectivity index (χ2v) is 9.51. The number of hydrogen-bond acceptors (Lipinski definition) is 4. The van der Waals surface area contributed by atoms with Gasteiger partial charge in [-0.15, -0.1) is 0 Å². The van der Waals surface area contributed by atoms with Crippen LogP contribution in [0.3, 0.4) is 0 Å². The number of esters is 1. The molecule has 144 valence electrons. The molecular formula is C21H30O5. The average molecular weight is 362 g/mol. The van der Waals surface area contributed by atoms with Crippen LogP contribution in [0.15, 0.2) is 12.2 Å². The van der Waals surface area contributed by atoms with Gasteiger partial charge in [0.25, 0.3) is 0 Å². The van der Waals surface area contributed by atoms with Gasteiger partial charge in [-0.25, -0.2) is 0 Å². The number of fused-ring (bicyclic) bond motifs is 3. The molecule has 0 saturated heterocycles. The SMILES string of the molecule is C=C1[C@@H]2CC[C@H]3[C@]4(C)C[C@H](OC(C)=O)C[C@@H](C(=O)O)[C@H]4CC[C@]3(C2)[C@H]1O. The molecule has 4 rings (SSSR count). The highest BCUT2D eigenvalue weighted by Gasteiger charge is 2.66. The van der Waals surface area contributed by atoms with E-state index in [-0.39, 0.29) is 34.7 Å². The van der Waals surface area contributed by atoms with Crippen LogP contribution in [-0.4, -0.2) is 34.4 Å². The van der Waals surface area contributed by atoms with Crippen LogP contribution in [0.4, 0.5) is 0 Å². The Hall–Kier alpha value is -1.36. The number of carboxylic acids is 1. The molecule has 0 unspecified atom stereocenters. The Bertz CT molecular complexity index is 657. The maximum absolute atomic E-state index is 12.0. The lowest BCUT2D eigenvalue weighted by molar-refractivity contribution is -0.192. The van der Waals surface area contributed by atoms with E-state index >= 15 is 0 Å².